The van der Waals surface area contributed by atoms with Crippen molar-refractivity contribution >= 4 is 67.8 Å². The van der Waals surface area contributed by atoms with Gasteiger partial charge in [-0.1, -0.05) is 23.2 Å². The number of aromatic nitrogens is 4. The third-order valence-corrected chi connectivity index (χ3v) is 7.99. The molecule has 0 aliphatic rings. The Labute approximate surface area is 230 Å². The van der Waals surface area contributed by atoms with Crippen LogP contribution in [0.1, 0.15) is 11.4 Å². The van der Waals surface area contributed by atoms with Gasteiger partial charge in [-0.2, -0.15) is 20.7 Å². The molecule has 0 bridgehead atoms. The normalized spacial score (nSPS) is 10.6. The van der Waals surface area contributed by atoms with Crippen molar-refractivity contribution in [2.24, 2.45) is 0 Å². The molecule has 2 heterocycles. The molecule has 18 heteroatoms. The van der Waals surface area contributed by atoms with E-state index in [0.29, 0.717) is 0 Å². The van der Waals surface area contributed by atoms with Crippen LogP contribution in [0.15, 0.2) is 46.2 Å². The van der Waals surface area contributed by atoms with E-state index < -0.39 is 9.85 Å². The number of hydrogen-bond acceptors (Lipinski definition) is 12. The number of hydrogen-bond donors (Lipinski definition) is 2. The number of non-ortho nitro benzene ring substituents is 2. The molecule has 14 nitrogen and oxygen atoms in total. The van der Waals surface area contributed by atoms with E-state index in [0.717, 1.165) is 33.7 Å². The molecular weight excluding hydrogens is 579 g/mol. The number of nitrogen functional groups attached to an aromatic ring is 2. The topological polar surface area (TPSA) is 222 Å². The predicted molar refractivity (Wildman–Crippen MR) is 140 cm³/mol. The first kappa shape index (κ1) is 26.6. The summed E-state index contributed by atoms with van der Waals surface area (Å²) >= 11 is 12.4. The van der Waals surface area contributed by atoms with Crippen molar-refractivity contribution < 1.29 is 9.85 Å². The second-order valence-electron chi connectivity index (χ2n) is 7.13. The van der Waals surface area contributed by atoms with Crippen molar-refractivity contribution in [1.29, 1.82) is 10.5 Å². The average Bonchev–Trinajstić information content (AvgIpc) is 3.37. The maximum atomic E-state index is 11.0. The number of anilines is 2. The quantitative estimate of drug-likeness (QED) is 0.167. The van der Waals surface area contributed by atoms with E-state index in [4.69, 9.17) is 34.7 Å². The fraction of sp³-hybridized carbons (Fsp3) is 0. The molecule has 4 aromatic rings. The number of nitriles is 2. The van der Waals surface area contributed by atoms with Gasteiger partial charge in [0.25, 0.3) is 11.4 Å². The van der Waals surface area contributed by atoms with E-state index in [1.165, 1.54) is 33.6 Å². The summed E-state index contributed by atoms with van der Waals surface area (Å²) in [5.74, 6) is 0.0235. The molecule has 2 aromatic heterocycles. The van der Waals surface area contributed by atoms with E-state index in [1.54, 1.807) is 0 Å². The number of rotatable bonds is 7. The molecule has 0 spiro atoms. The maximum Gasteiger partial charge on any atom is 0.271 e. The lowest BCUT2D eigenvalue weighted by Gasteiger charge is -2.07. The Kier molecular flexibility index (Phi) is 7.33. The van der Waals surface area contributed by atoms with Gasteiger partial charge in [0.1, 0.15) is 23.8 Å². The van der Waals surface area contributed by atoms with Crippen molar-refractivity contribution in [1.82, 2.24) is 19.6 Å². The molecule has 4 N–H and O–H groups in total. The molecule has 0 saturated carbocycles. The minimum Gasteiger partial charge on any atom is -0.383 e. The van der Waals surface area contributed by atoms with Crippen LogP contribution in [0.2, 0.25) is 10.0 Å². The molecule has 0 fully saturated rings. The van der Waals surface area contributed by atoms with Crippen LogP contribution in [0, 0.1) is 42.9 Å². The number of benzene rings is 2. The second kappa shape index (κ2) is 10.5. The number of halogens is 2. The molecular formula is C20H10Cl2N10O4S2. The number of nitrogens with zero attached hydrogens (tertiary/aromatic N) is 8. The van der Waals surface area contributed by atoms with Crippen LogP contribution in [-0.4, -0.2) is 29.4 Å². The maximum absolute atomic E-state index is 11.0. The third kappa shape index (κ3) is 4.76. The summed E-state index contributed by atoms with van der Waals surface area (Å²) in [6.45, 7) is 0. The van der Waals surface area contributed by atoms with Crippen LogP contribution in [0.3, 0.4) is 0 Å². The summed E-state index contributed by atoms with van der Waals surface area (Å²) in [6, 6.07) is 11.2. The smallest absolute Gasteiger partial charge is 0.271 e. The molecule has 190 valence electrons. The zero-order valence-corrected chi connectivity index (χ0v) is 21.5. The first-order valence-electron chi connectivity index (χ1n) is 9.87. The van der Waals surface area contributed by atoms with Gasteiger partial charge in [0.05, 0.1) is 41.1 Å². The summed E-state index contributed by atoms with van der Waals surface area (Å²) < 4.78 is 2.34. The lowest BCUT2D eigenvalue weighted by molar-refractivity contribution is -0.385. The van der Waals surface area contributed by atoms with Crippen LogP contribution in [-0.2, 0) is 0 Å². The minimum atomic E-state index is -0.609. The van der Waals surface area contributed by atoms with E-state index in [2.05, 4.69) is 10.2 Å². The molecule has 0 aliphatic carbocycles. The zero-order valence-electron chi connectivity index (χ0n) is 18.4. The molecule has 0 atom stereocenters. The van der Waals surface area contributed by atoms with Gasteiger partial charge >= 0.3 is 0 Å². The van der Waals surface area contributed by atoms with Crippen LogP contribution >= 0.6 is 44.8 Å². The van der Waals surface area contributed by atoms with E-state index >= 15 is 0 Å². The SMILES string of the molecule is N#Cc1nn(-c2ccc([N+](=O)[O-])cc2Cl)c(N)c1SSc1c(C#N)nn(-c2ccc([N+](=O)[O-])cc2Cl)c1N. The lowest BCUT2D eigenvalue weighted by Crippen LogP contribution is -2.03. The van der Waals surface area contributed by atoms with Gasteiger partial charge in [0.15, 0.2) is 11.4 Å². The van der Waals surface area contributed by atoms with Crippen molar-refractivity contribution in [3.8, 4) is 23.5 Å². The van der Waals surface area contributed by atoms with Crippen molar-refractivity contribution in [2.45, 2.75) is 9.79 Å². The Balaban J connectivity index is 1.69. The Hall–Kier alpha value is -4.48. The molecule has 0 unspecified atom stereocenters. The van der Waals surface area contributed by atoms with Crippen molar-refractivity contribution in [2.75, 3.05) is 11.5 Å². The highest BCUT2D eigenvalue weighted by molar-refractivity contribution is 8.76. The van der Waals surface area contributed by atoms with E-state index in [9.17, 15) is 30.8 Å². The molecule has 0 amide bonds. The fourth-order valence-electron chi connectivity index (χ4n) is 3.16. The van der Waals surface area contributed by atoms with Crippen molar-refractivity contribution in [3.05, 3.63) is 78.1 Å². The molecule has 38 heavy (non-hydrogen) atoms. The largest absolute Gasteiger partial charge is 0.383 e. The van der Waals surface area contributed by atoms with Crippen molar-refractivity contribution in [3.63, 3.8) is 0 Å². The summed E-state index contributed by atoms with van der Waals surface area (Å²) in [5, 5.41) is 49.5. The lowest BCUT2D eigenvalue weighted by atomic mass is 10.3. The summed E-state index contributed by atoms with van der Waals surface area (Å²) in [5.41, 5.74) is 12.3. The Morgan fingerprint density at radius 2 is 1.16 bits per heavy atom. The summed E-state index contributed by atoms with van der Waals surface area (Å²) in [4.78, 5) is 21.2. The highest BCUT2D eigenvalue weighted by Crippen LogP contribution is 2.46. The van der Waals surface area contributed by atoms with Crippen LogP contribution in [0.5, 0.6) is 0 Å². The van der Waals surface area contributed by atoms with Gasteiger partial charge in [-0.25, -0.2) is 9.36 Å². The molecule has 0 aliphatic heterocycles. The Bertz CT molecular complexity index is 1600. The van der Waals surface area contributed by atoms with Gasteiger partial charge < -0.3 is 11.5 Å². The predicted octanol–water partition coefficient (Wildman–Crippen LogP) is 4.89. The first-order chi connectivity index (χ1) is 18.1. The monoisotopic (exact) mass is 588 g/mol. The van der Waals surface area contributed by atoms with E-state index in [1.807, 2.05) is 12.1 Å². The Morgan fingerprint density at radius 1 is 0.789 bits per heavy atom. The van der Waals surface area contributed by atoms with Crippen LogP contribution in [0.25, 0.3) is 11.4 Å². The summed E-state index contributed by atoms with van der Waals surface area (Å²) in [6.07, 6.45) is 0. The number of nitro groups is 2. The Morgan fingerprint density at radius 3 is 1.45 bits per heavy atom. The highest BCUT2D eigenvalue weighted by atomic mass is 35.5. The fourth-order valence-corrected chi connectivity index (χ4v) is 5.99. The minimum absolute atomic E-state index is 0.0117. The molecule has 4 rings (SSSR count). The first-order valence-corrected chi connectivity index (χ1v) is 12.8. The standard InChI is InChI=1S/C20H10Cl2N10O4S2/c21-11-5-9(31(33)34)1-3-15(11)29-19(25)17(13(7-23)27-29)37-38-18-14(8-24)28-30(20(18)26)16-4-2-10(32(35)36)6-12(16)22/h1-6H,25-26H2. The number of nitrogens with two attached hydrogens (primary N) is 2. The van der Waals surface area contributed by atoms with Crippen LogP contribution in [0.4, 0.5) is 23.0 Å². The third-order valence-electron chi connectivity index (χ3n) is 4.91. The van der Waals surface area contributed by atoms with Crippen LogP contribution < -0.4 is 11.5 Å². The van der Waals surface area contributed by atoms with Gasteiger partial charge in [-0.15, -0.1) is 0 Å². The second-order valence-corrected chi connectivity index (χ2v) is 10.1. The zero-order chi connectivity index (χ0) is 27.7. The highest BCUT2D eigenvalue weighted by Gasteiger charge is 2.24. The molecule has 0 saturated heterocycles. The average molecular weight is 589 g/mol. The van der Waals surface area contributed by atoms with Gasteiger partial charge in [-0.05, 0) is 33.7 Å². The van der Waals surface area contributed by atoms with Gasteiger partial charge in [0, 0.05) is 24.3 Å². The number of nitro benzene ring substituents is 2. The summed E-state index contributed by atoms with van der Waals surface area (Å²) in [7, 11) is 1.94. The van der Waals surface area contributed by atoms with E-state index in [-0.39, 0.29) is 65.6 Å². The van der Waals surface area contributed by atoms with Gasteiger partial charge in [0.2, 0.25) is 0 Å². The molecule has 0 radical (unpaired) electrons. The van der Waals surface area contributed by atoms with Gasteiger partial charge in [-0.3, -0.25) is 20.2 Å². The molecule has 2 aromatic carbocycles.